The fraction of sp³-hybridized carbons (Fsp3) is 0.188. The van der Waals surface area contributed by atoms with E-state index in [1.807, 2.05) is 12.1 Å². The van der Waals surface area contributed by atoms with Gasteiger partial charge in [-0.2, -0.15) is 0 Å². The first-order valence-corrected chi connectivity index (χ1v) is 6.77. The van der Waals surface area contributed by atoms with Crippen molar-refractivity contribution in [3.8, 4) is 5.75 Å². The topological polar surface area (TPSA) is 80.3 Å². The third-order valence-corrected chi connectivity index (χ3v) is 3.00. The zero-order chi connectivity index (χ0) is 15.8. The molecule has 0 saturated carbocycles. The molecular weight excluding hydrogens is 282 g/mol. The van der Waals surface area contributed by atoms with Crippen molar-refractivity contribution in [3.63, 3.8) is 0 Å². The molecule has 1 aromatic heterocycles. The molecule has 2 rings (SSSR count). The molecule has 0 fully saturated rings. The van der Waals surface area contributed by atoms with E-state index in [0.717, 1.165) is 5.56 Å². The Morgan fingerprint density at radius 3 is 2.55 bits per heavy atom. The predicted octanol–water partition coefficient (Wildman–Crippen LogP) is 1.14. The number of hydrogen-bond donors (Lipinski definition) is 2. The highest BCUT2D eigenvalue weighted by Gasteiger charge is 2.12. The second-order valence-electron chi connectivity index (χ2n) is 4.52. The molecule has 0 aliphatic rings. The molecule has 0 radical (unpaired) electrons. The number of rotatable bonds is 6. The minimum atomic E-state index is -0.350. The summed E-state index contributed by atoms with van der Waals surface area (Å²) in [5, 5.41) is 5.29. The number of carbonyl (C=O) groups is 2. The minimum absolute atomic E-state index is 0.0953. The summed E-state index contributed by atoms with van der Waals surface area (Å²) in [5.74, 6) is -0.145. The van der Waals surface area contributed by atoms with Gasteiger partial charge in [0.1, 0.15) is 5.75 Å². The van der Waals surface area contributed by atoms with Crippen LogP contribution in [0.25, 0.3) is 0 Å². The highest BCUT2D eigenvalue weighted by molar-refractivity contribution is 5.98. The number of methoxy groups -OCH3 is 1. The molecule has 0 atom stereocenters. The normalized spacial score (nSPS) is 9.86. The quantitative estimate of drug-likeness (QED) is 0.838. The number of pyridine rings is 1. The summed E-state index contributed by atoms with van der Waals surface area (Å²) in [6.45, 7) is 0.299. The number of ether oxygens (including phenoxy) is 1. The average Bonchev–Trinajstić information content (AvgIpc) is 2.58. The monoisotopic (exact) mass is 299 g/mol. The molecule has 6 nitrogen and oxygen atoms in total. The number of para-hydroxylation sites is 1. The minimum Gasteiger partial charge on any atom is -0.496 e. The van der Waals surface area contributed by atoms with Crippen LogP contribution in [-0.2, 0) is 11.3 Å². The summed E-state index contributed by atoms with van der Waals surface area (Å²) < 4.78 is 5.11. The Bertz CT molecular complexity index is 644. The van der Waals surface area contributed by atoms with E-state index in [-0.39, 0.29) is 18.4 Å². The van der Waals surface area contributed by atoms with Crippen molar-refractivity contribution in [1.29, 1.82) is 0 Å². The van der Waals surface area contributed by atoms with Crippen LogP contribution in [-0.4, -0.2) is 30.5 Å². The third kappa shape index (κ3) is 4.31. The lowest BCUT2D eigenvalue weighted by molar-refractivity contribution is -0.120. The lowest BCUT2D eigenvalue weighted by Gasteiger charge is -2.09. The molecule has 0 aliphatic carbocycles. The highest BCUT2D eigenvalue weighted by Crippen LogP contribution is 2.16. The molecule has 114 valence electrons. The first-order valence-electron chi connectivity index (χ1n) is 6.77. The zero-order valence-electron chi connectivity index (χ0n) is 12.2. The van der Waals surface area contributed by atoms with Crippen molar-refractivity contribution in [2.24, 2.45) is 0 Å². The van der Waals surface area contributed by atoms with E-state index in [1.54, 1.807) is 36.7 Å². The SMILES string of the molecule is COc1ccccc1C(=O)NCC(=O)NCc1ccncc1. The summed E-state index contributed by atoms with van der Waals surface area (Å²) in [7, 11) is 1.49. The molecule has 0 bridgehead atoms. The standard InChI is InChI=1S/C16H17N3O3/c1-22-14-5-3-2-4-13(14)16(21)19-11-15(20)18-10-12-6-8-17-9-7-12/h2-9H,10-11H2,1H3,(H,18,20)(H,19,21). The largest absolute Gasteiger partial charge is 0.496 e. The van der Waals surface area contributed by atoms with Gasteiger partial charge in [0, 0.05) is 18.9 Å². The van der Waals surface area contributed by atoms with Crippen LogP contribution in [0.2, 0.25) is 0 Å². The maximum Gasteiger partial charge on any atom is 0.255 e. The van der Waals surface area contributed by atoms with Crippen molar-refractivity contribution in [3.05, 3.63) is 59.9 Å². The Balaban J connectivity index is 1.82. The molecule has 6 heteroatoms. The van der Waals surface area contributed by atoms with E-state index < -0.39 is 0 Å². The van der Waals surface area contributed by atoms with Gasteiger partial charge in [0.2, 0.25) is 5.91 Å². The van der Waals surface area contributed by atoms with Crippen LogP contribution in [0.1, 0.15) is 15.9 Å². The smallest absolute Gasteiger partial charge is 0.255 e. The van der Waals surface area contributed by atoms with E-state index in [9.17, 15) is 9.59 Å². The lowest BCUT2D eigenvalue weighted by Crippen LogP contribution is -2.36. The Morgan fingerprint density at radius 2 is 1.82 bits per heavy atom. The van der Waals surface area contributed by atoms with Crippen LogP contribution in [0.3, 0.4) is 0 Å². The second-order valence-corrected chi connectivity index (χ2v) is 4.52. The van der Waals surface area contributed by atoms with Gasteiger partial charge in [-0.3, -0.25) is 14.6 Å². The van der Waals surface area contributed by atoms with E-state index in [0.29, 0.717) is 17.9 Å². The number of nitrogens with zero attached hydrogens (tertiary/aromatic N) is 1. The van der Waals surface area contributed by atoms with Gasteiger partial charge in [0.15, 0.2) is 0 Å². The van der Waals surface area contributed by atoms with Crippen molar-refractivity contribution < 1.29 is 14.3 Å². The van der Waals surface area contributed by atoms with Crippen LogP contribution in [0.5, 0.6) is 5.75 Å². The van der Waals surface area contributed by atoms with Crippen LogP contribution in [0, 0.1) is 0 Å². The molecule has 2 aromatic rings. The predicted molar refractivity (Wildman–Crippen MR) is 81.4 cm³/mol. The molecule has 2 N–H and O–H groups in total. The van der Waals surface area contributed by atoms with Crippen molar-refractivity contribution >= 4 is 11.8 Å². The van der Waals surface area contributed by atoms with Gasteiger partial charge in [-0.15, -0.1) is 0 Å². The van der Waals surface area contributed by atoms with Crippen molar-refractivity contribution in [2.45, 2.75) is 6.54 Å². The second kappa shape index (κ2) is 7.78. The number of amides is 2. The molecule has 22 heavy (non-hydrogen) atoms. The van der Waals surface area contributed by atoms with Crippen LogP contribution < -0.4 is 15.4 Å². The number of aromatic nitrogens is 1. The molecule has 0 saturated heterocycles. The van der Waals surface area contributed by atoms with E-state index in [4.69, 9.17) is 4.74 Å². The Morgan fingerprint density at radius 1 is 1.09 bits per heavy atom. The van der Waals surface area contributed by atoms with Crippen molar-refractivity contribution in [2.75, 3.05) is 13.7 Å². The third-order valence-electron chi connectivity index (χ3n) is 3.00. The summed E-state index contributed by atoms with van der Waals surface area (Å²) in [6, 6.07) is 10.5. The fourth-order valence-electron chi connectivity index (χ4n) is 1.85. The van der Waals surface area contributed by atoms with E-state index in [2.05, 4.69) is 15.6 Å². The van der Waals surface area contributed by atoms with Crippen LogP contribution >= 0.6 is 0 Å². The van der Waals surface area contributed by atoms with Gasteiger partial charge in [-0.1, -0.05) is 12.1 Å². The van der Waals surface area contributed by atoms with E-state index in [1.165, 1.54) is 7.11 Å². The van der Waals surface area contributed by atoms with Crippen molar-refractivity contribution in [1.82, 2.24) is 15.6 Å². The Kier molecular flexibility index (Phi) is 5.48. The Labute approximate surface area is 128 Å². The molecule has 0 spiro atoms. The molecule has 0 unspecified atom stereocenters. The fourth-order valence-corrected chi connectivity index (χ4v) is 1.85. The average molecular weight is 299 g/mol. The van der Waals surface area contributed by atoms with Crippen LogP contribution in [0.15, 0.2) is 48.8 Å². The highest BCUT2D eigenvalue weighted by atomic mass is 16.5. The van der Waals surface area contributed by atoms with Gasteiger partial charge in [0.25, 0.3) is 5.91 Å². The summed E-state index contributed by atoms with van der Waals surface area (Å²) in [4.78, 5) is 27.7. The van der Waals surface area contributed by atoms with Gasteiger partial charge >= 0.3 is 0 Å². The maximum absolute atomic E-state index is 12.0. The Hall–Kier alpha value is -2.89. The molecule has 2 amide bonds. The molecule has 1 aromatic carbocycles. The number of benzene rings is 1. The lowest BCUT2D eigenvalue weighted by atomic mass is 10.2. The van der Waals surface area contributed by atoms with Crippen LogP contribution in [0.4, 0.5) is 0 Å². The summed E-state index contributed by atoms with van der Waals surface area (Å²) >= 11 is 0. The molecular formula is C16H17N3O3. The van der Waals surface area contributed by atoms with Gasteiger partial charge in [-0.25, -0.2) is 0 Å². The summed E-state index contributed by atoms with van der Waals surface area (Å²) in [6.07, 6.45) is 3.32. The molecule has 1 heterocycles. The number of nitrogens with one attached hydrogen (secondary N) is 2. The van der Waals surface area contributed by atoms with Gasteiger partial charge in [0.05, 0.1) is 19.2 Å². The van der Waals surface area contributed by atoms with E-state index >= 15 is 0 Å². The number of carbonyl (C=O) groups excluding carboxylic acids is 2. The first kappa shape index (κ1) is 15.5. The first-order chi connectivity index (χ1) is 10.7. The summed E-state index contributed by atoms with van der Waals surface area (Å²) in [5.41, 5.74) is 1.34. The molecule has 0 aliphatic heterocycles. The van der Waals surface area contributed by atoms with Gasteiger partial charge < -0.3 is 15.4 Å². The van der Waals surface area contributed by atoms with Gasteiger partial charge in [-0.05, 0) is 29.8 Å². The maximum atomic E-state index is 12.0. The zero-order valence-corrected chi connectivity index (χ0v) is 12.2. The number of hydrogen-bond acceptors (Lipinski definition) is 4.